The average molecular weight is 380 g/mol. The minimum Gasteiger partial charge on any atom is -0.444 e. The lowest BCUT2D eigenvalue weighted by atomic mass is 10.1. The smallest absolute Gasteiger partial charge is 0.408 e. The van der Waals surface area contributed by atoms with Crippen molar-refractivity contribution in [3.05, 3.63) is 0 Å². The Morgan fingerprint density at radius 2 is 1.82 bits per heavy atom. The van der Waals surface area contributed by atoms with Crippen molar-refractivity contribution in [2.75, 3.05) is 18.4 Å². The number of rotatable bonds is 8. The third kappa shape index (κ3) is 10.4. The van der Waals surface area contributed by atoms with Gasteiger partial charge in [0.15, 0.2) is 0 Å². The molecule has 128 valence electrons. The summed E-state index contributed by atoms with van der Waals surface area (Å²) in [7, 11) is 0. The summed E-state index contributed by atoms with van der Waals surface area (Å²) >= 11 is 3.05. The normalized spacial score (nSPS) is 12.2. The van der Waals surface area contributed by atoms with E-state index in [9.17, 15) is 14.4 Å². The number of carbonyl (C=O) groups is 3. The molecule has 0 aromatic rings. The van der Waals surface area contributed by atoms with Crippen molar-refractivity contribution in [1.29, 1.82) is 0 Å². The first-order valence-corrected chi connectivity index (χ1v) is 8.41. The second-order valence-electron chi connectivity index (χ2n) is 5.72. The van der Waals surface area contributed by atoms with E-state index in [0.717, 1.165) is 0 Å². The highest BCUT2D eigenvalue weighted by Gasteiger charge is 2.23. The van der Waals surface area contributed by atoms with Crippen LogP contribution in [0.3, 0.4) is 0 Å². The maximum Gasteiger partial charge on any atom is 0.408 e. The number of hydrogen-bond acceptors (Lipinski definition) is 4. The highest BCUT2D eigenvalue weighted by Crippen LogP contribution is 2.07. The van der Waals surface area contributed by atoms with Crippen LogP contribution in [0, 0.1) is 0 Å². The molecule has 22 heavy (non-hydrogen) atoms. The van der Waals surface area contributed by atoms with Crippen LogP contribution < -0.4 is 16.0 Å². The van der Waals surface area contributed by atoms with Crippen LogP contribution in [-0.4, -0.2) is 48.0 Å². The molecule has 1 atom stereocenters. The number of likely N-dealkylation sites (N-methyl/N-ethyl adjacent to an activating group) is 1. The second-order valence-corrected chi connectivity index (χ2v) is 6.28. The minimum absolute atomic E-state index is 0.116. The molecule has 0 fully saturated rings. The molecule has 0 rings (SSSR count). The van der Waals surface area contributed by atoms with Gasteiger partial charge in [-0.15, -0.1) is 0 Å². The lowest BCUT2D eigenvalue weighted by Gasteiger charge is -2.23. The predicted octanol–water partition coefficient (Wildman–Crippen LogP) is 1.31. The van der Waals surface area contributed by atoms with E-state index in [4.69, 9.17) is 4.74 Å². The van der Waals surface area contributed by atoms with Crippen molar-refractivity contribution in [1.82, 2.24) is 16.0 Å². The van der Waals surface area contributed by atoms with Gasteiger partial charge < -0.3 is 20.7 Å². The first-order chi connectivity index (χ1) is 10.2. The fourth-order valence-electron chi connectivity index (χ4n) is 1.60. The largest absolute Gasteiger partial charge is 0.444 e. The molecule has 0 aromatic heterocycles. The Bertz CT molecular complexity index is 383. The summed E-state index contributed by atoms with van der Waals surface area (Å²) in [6, 6.07) is -0.685. The van der Waals surface area contributed by atoms with Gasteiger partial charge in [0.05, 0.1) is 5.33 Å². The van der Waals surface area contributed by atoms with Crippen LogP contribution >= 0.6 is 15.9 Å². The number of halogens is 1. The first kappa shape index (κ1) is 20.7. The third-order valence-electron chi connectivity index (χ3n) is 2.47. The summed E-state index contributed by atoms with van der Waals surface area (Å²) in [4.78, 5) is 34.8. The van der Waals surface area contributed by atoms with Gasteiger partial charge in [0.2, 0.25) is 11.8 Å². The van der Waals surface area contributed by atoms with E-state index >= 15 is 0 Å². The molecule has 0 aliphatic rings. The SMILES string of the molecule is CCNC(=O)C(CCCNC(=O)CBr)NC(=O)OC(C)(C)C. The number of alkyl halides is 1. The van der Waals surface area contributed by atoms with Crippen molar-refractivity contribution in [3.63, 3.8) is 0 Å². The molecule has 0 aliphatic heterocycles. The van der Waals surface area contributed by atoms with Gasteiger partial charge in [-0.1, -0.05) is 15.9 Å². The summed E-state index contributed by atoms with van der Waals surface area (Å²) in [6.07, 6.45) is 0.345. The number of alkyl carbamates (subject to hydrolysis) is 1. The van der Waals surface area contributed by atoms with E-state index in [1.165, 1.54) is 0 Å². The van der Waals surface area contributed by atoms with E-state index < -0.39 is 17.7 Å². The van der Waals surface area contributed by atoms with Crippen molar-refractivity contribution in [3.8, 4) is 0 Å². The molecule has 0 bridgehead atoms. The van der Waals surface area contributed by atoms with Crippen LogP contribution in [0.2, 0.25) is 0 Å². The predicted molar refractivity (Wildman–Crippen MR) is 87.9 cm³/mol. The summed E-state index contributed by atoms with van der Waals surface area (Å²) in [6.45, 7) is 7.98. The number of carbonyl (C=O) groups excluding carboxylic acids is 3. The number of ether oxygens (including phenoxy) is 1. The van der Waals surface area contributed by atoms with Gasteiger partial charge in [-0.2, -0.15) is 0 Å². The standard InChI is InChI=1S/C14H26BrN3O4/c1-5-16-12(20)10(7-6-8-17-11(19)9-15)18-13(21)22-14(2,3)4/h10H,5-9H2,1-4H3,(H,16,20)(H,17,19)(H,18,21). The van der Waals surface area contributed by atoms with Crippen LogP contribution in [0.15, 0.2) is 0 Å². The molecular weight excluding hydrogens is 354 g/mol. The van der Waals surface area contributed by atoms with Gasteiger partial charge in [0.25, 0.3) is 0 Å². The van der Waals surface area contributed by atoms with E-state index in [1.54, 1.807) is 27.7 Å². The number of hydrogen-bond donors (Lipinski definition) is 3. The Kier molecular flexibility index (Phi) is 9.80. The molecule has 3 amide bonds. The van der Waals surface area contributed by atoms with Crippen LogP contribution in [0.5, 0.6) is 0 Å². The van der Waals surface area contributed by atoms with Gasteiger partial charge >= 0.3 is 6.09 Å². The van der Waals surface area contributed by atoms with Crippen LogP contribution in [-0.2, 0) is 14.3 Å². The average Bonchev–Trinajstić information content (AvgIpc) is 2.39. The highest BCUT2D eigenvalue weighted by atomic mass is 79.9. The van der Waals surface area contributed by atoms with Gasteiger partial charge in [-0.05, 0) is 40.5 Å². The Hall–Kier alpha value is -1.31. The van der Waals surface area contributed by atoms with Crippen LogP contribution in [0.1, 0.15) is 40.5 Å². The van der Waals surface area contributed by atoms with E-state index in [2.05, 4.69) is 31.9 Å². The molecule has 0 spiro atoms. The number of nitrogens with one attached hydrogen (secondary N) is 3. The molecule has 0 heterocycles. The Morgan fingerprint density at radius 3 is 2.32 bits per heavy atom. The highest BCUT2D eigenvalue weighted by molar-refractivity contribution is 9.09. The van der Waals surface area contributed by atoms with Gasteiger partial charge in [0, 0.05) is 13.1 Å². The summed E-state index contributed by atoms with van der Waals surface area (Å²) in [5.41, 5.74) is -0.625. The molecule has 1 unspecified atom stereocenters. The quantitative estimate of drug-likeness (QED) is 0.437. The summed E-state index contributed by atoms with van der Waals surface area (Å²) in [5.74, 6) is -0.380. The zero-order valence-corrected chi connectivity index (χ0v) is 15.2. The Balaban J connectivity index is 4.41. The zero-order valence-electron chi connectivity index (χ0n) is 13.6. The maximum atomic E-state index is 12.0. The Labute approximate surface area is 140 Å². The second kappa shape index (κ2) is 10.4. The number of amides is 3. The van der Waals surface area contributed by atoms with Gasteiger partial charge in [-0.3, -0.25) is 9.59 Å². The van der Waals surface area contributed by atoms with Crippen molar-refractivity contribution in [2.24, 2.45) is 0 Å². The molecular formula is C14H26BrN3O4. The lowest BCUT2D eigenvalue weighted by molar-refractivity contribution is -0.123. The van der Waals surface area contributed by atoms with Crippen molar-refractivity contribution < 1.29 is 19.1 Å². The monoisotopic (exact) mass is 379 g/mol. The fraction of sp³-hybridized carbons (Fsp3) is 0.786. The molecule has 8 heteroatoms. The fourth-order valence-corrected chi connectivity index (χ4v) is 1.80. The molecule has 0 aliphatic carbocycles. The lowest BCUT2D eigenvalue weighted by Crippen LogP contribution is -2.48. The summed E-state index contributed by atoms with van der Waals surface area (Å²) in [5, 5.41) is 8.16. The molecule has 3 N–H and O–H groups in total. The maximum absolute atomic E-state index is 12.0. The third-order valence-corrected chi connectivity index (χ3v) is 2.98. The molecule has 0 aromatic carbocycles. The van der Waals surface area contributed by atoms with Crippen LogP contribution in [0.4, 0.5) is 4.79 Å². The van der Waals surface area contributed by atoms with E-state index in [-0.39, 0.29) is 17.1 Å². The Morgan fingerprint density at radius 1 is 1.18 bits per heavy atom. The molecule has 0 radical (unpaired) electrons. The molecule has 7 nitrogen and oxygen atoms in total. The van der Waals surface area contributed by atoms with Gasteiger partial charge in [-0.25, -0.2) is 4.79 Å². The summed E-state index contributed by atoms with van der Waals surface area (Å²) < 4.78 is 5.15. The van der Waals surface area contributed by atoms with Crippen LogP contribution in [0.25, 0.3) is 0 Å². The minimum atomic E-state index is -0.685. The van der Waals surface area contributed by atoms with Crippen molar-refractivity contribution >= 4 is 33.8 Å². The topological polar surface area (TPSA) is 96.5 Å². The zero-order chi connectivity index (χ0) is 17.2. The van der Waals surface area contributed by atoms with E-state index in [1.807, 2.05) is 0 Å². The molecule has 0 saturated heterocycles. The van der Waals surface area contributed by atoms with E-state index in [0.29, 0.717) is 25.9 Å². The first-order valence-electron chi connectivity index (χ1n) is 7.29. The molecule has 0 saturated carbocycles. The van der Waals surface area contributed by atoms with Crippen molar-refractivity contribution in [2.45, 2.75) is 52.2 Å². The van der Waals surface area contributed by atoms with Gasteiger partial charge in [0.1, 0.15) is 11.6 Å².